The molecule has 0 saturated heterocycles. The molecule has 0 amide bonds. The summed E-state index contributed by atoms with van der Waals surface area (Å²) < 4.78 is 0. The van der Waals surface area contributed by atoms with Gasteiger partial charge in [-0.05, 0) is 61.7 Å². The second-order valence-corrected chi connectivity index (χ2v) is 9.36. The highest BCUT2D eigenvalue weighted by Gasteiger charge is 2.60. The average molecular weight is 383 g/mol. The van der Waals surface area contributed by atoms with E-state index in [0.717, 1.165) is 24.8 Å². The monoisotopic (exact) mass is 383 g/mol. The van der Waals surface area contributed by atoms with Crippen LogP contribution < -0.4 is 5.11 Å². The molecule has 4 rings (SSSR count). The van der Waals surface area contributed by atoms with Crippen molar-refractivity contribution in [3.8, 4) is 0 Å². The van der Waals surface area contributed by atoms with E-state index in [1.807, 2.05) is 12.2 Å². The third-order valence-corrected chi connectivity index (χ3v) is 7.93. The van der Waals surface area contributed by atoms with Crippen LogP contribution in [0.15, 0.2) is 35.5 Å². The average Bonchev–Trinajstić information content (AvgIpc) is 2.96. The molecule has 0 spiro atoms. The zero-order valence-electron chi connectivity index (χ0n) is 16.4. The van der Waals surface area contributed by atoms with Crippen molar-refractivity contribution in [1.29, 1.82) is 0 Å². The summed E-state index contributed by atoms with van der Waals surface area (Å²) in [5.41, 5.74) is 1.06. The van der Waals surface area contributed by atoms with E-state index < -0.39 is 17.5 Å². The van der Waals surface area contributed by atoms with Crippen LogP contribution >= 0.6 is 0 Å². The Balaban J connectivity index is 1.63. The molecule has 5 nitrogen and oxygen atoms in total. The van der Waals surface area contributed by atoms with Gasteiger partial charge in [-0.15, -0.1) is 0 Å². The highest BCUT2D eigenvalue weighted by Crippen LogP contribution is 2.64. The minimum atomic E-state index is -1.21. The van der Waals surface area contributed by atoms with E-state index in [2.05, 4.69) is 13.8 Å². The Hall–Kier alpha value is -2.01. The smallest absolute Gasteiger partial charge is 0.178 e. The zero-order chi connectivity index (χ0) is 20.3. The molecule has 2 fully saturated rings. The van der Waals surface area contributed by atoms with Crippen LogP contribution in [0, 0.1) is 28.6 Å². The number of carbonyl (C=O) groups is 3. The van der Waals surface area contributed by atoms with Gasteiger partial charge in [0.2, 0.25) is 0 Å². The van der Waals surface area contributed by atoms with E-state index in [-0.39, 0.29) is 47.6 Å². The van der Waals surface area contributed by atoms with Crippen molar-refractivity contribution >= 4 is 17.5 Å². The molecule has 6 atom stereocenters. The number of carbonyl (C=O) groups excluding carboxylic acids is 3. The number of rotatable bonds is 4. The molecule has 2 saturated carbocycles. The summed E-state index contributed by atoms with van der Waals surface area (Å²) in [5.74, 6) is -0.782. The van der Waals surface area contributed by atoms with Crippen LogP contribution in [-0.2, 0) is 14.4 Å². The molecule has 0 aliphatic heterocycles. The molecule has 1 N–H and O–H groups in total. The molecule has 4 aliphatic carbocycles. The molecule has 0 radical (unpaired) electrons. The largest absolute Gasteiger partial charge is 0.550 e. The predicted octanol–water partition coefficient (Wildman–Crippen LogP) is 1.90. The summed E-state index contributed by atoms with van der Waals surface area (Å²) in [6.07, 6.45) is 9.43. The lowest BCUT2D eigenvalue weighted by atomic mass is 9.47. The Bertz CT molecular complexity index is 834. The van der Waals surface area contributed by atoms with Crippen LogP contribution in [0.25, 0.3) is 0 Å². The van der Waals surface area contributed by atoms with Crippen molar-refractivity contribution in [2.24, 2.45) is 28.6 Å². The molecule has 150 valence electrons. The first-order chi connectivity index (χ1) is 13.2. The maximum absolute atomic E-state index is 12.7. The van der Waals surface area contributed by atoms with E-state index in [1.165, 1.54) is 0 Å². The number of fused-ring (bicyclic) bond motifs is 5. The lowest BCUT2D eigenvalue weighted by molar-refractivity contribution is -0.305. The van der Waals surface area contributed by atoms with Crippen LogP contribution in [0.3, 0.4) is 0 Å². The van der Waals surface area contributed by atoms with Gasteiger partial charge in [0.15, 0.2) is 11.6 Å². The quantitative estimate of drug-likeness (QED) is 0.800. The number of hydrogen-bond donors (Lipinski definition) is 1. The van der Waals surface area contributed by atoms with Crippen LogP contribution in [0.4, 0.5) is 0 Å². The van der Waals surface area contributed by atoms with Crippen molar-refractivity contribution in [2.75, 3.05) is 0 Å². The van der Waals surface area contributed by atoms with Gasteiger partial charge in [0.25, 0.3) is 0 Å². The zero-order valence-corrected chi connectivity index (χ0v) is 16.4. The Morgan fingerprint density at radius 1 is 1.29 bits per heavy atom. The second-order valence-electron chi connectivity index (χ2n) is 9.36. The summed E-state index contributed by atoms with van der Waals surface area (Å²) in [6, 6.07) is 0. The molecular formula is C23H27O5-. The highest BCUT2D eigenvalue weighted by atomic mass is 16.4. The maximum atomic E-state index is 12.7. The van der Waals surface area contributed by atoms with Gasteiger partial charge in [0.05, 0.1) is 6.10 Å². The van der Waals surface area contributed by atoms with E-state index in [1.54, 1.807) is 12.2 Å². The van der Waals surface area contributed by atoms with E-state index in [4.69, 9.17) is 0 Å². The van der Waals surface area contributed by atoms with Gasteiger partial charge < -0.3 is 15.0 Å². The fourth-order valence-corrected chi connectivity index (χ4v) is 6.68. The number of carboxylic acid groups (broad SMARTS) is 1. The lowest BCUT2D eigenvalue weighted by Gasteiger charge is -2.58. The van der Waals surface area contributed by atoms with Gasteiger partial charge in [0.1, 0.15) is 0 Å². The third kappa shape index (κ3) is 2.74. The number of ketones is 2. The first-order valence-corrected chi connectivity index (χ1v) is 10.2. The number of hydrogen-bond acceptors (Lipinski definition) is 5. The van der Waals surface area contributed by atoms with Gasteiger partial charge in [0, 0.05) is 29.1 Å². The van der Waals surface area contributed by atoms with Crippen molar-refractivity contribution in [2.45, 2.75) is 58.5 Å². The molecule has 28 heavy (non-hydrogen) atoms. The lowest BCUT2D eigenvalue weighted by Crippen LogP contribution is -2.55. The van der Waals surface area contributed by atoms with Crippen molar-refractivity contribution < 1.29 is 24.6 Å². The van der Waals surface area contributed by atoms with Gasteiger partial charge in [-0.25, -0.2) is 0 Å². The highest BCUT2D eigenvalue weighted by molar-refractivity contribution is 6.01. The normalized spacial score (nSPS) is 41.5. The van der Waals surface area contributed by atoms with Gasteiger partial charge in [-0.1, -0.05) is 31.6 Å². The number of allylic oxidation sites excluding steroid dienone is 6. The number of aliphatic hydroxyl groups excluding tert-OH is 1. The number of aliphatic hydroxyl groups is 1. The van der Waals surface area contributed by atoms with Gasteiger partial charge in [-0.2, -0.15) is 0 Å². The fraction of sp³-hybridized carbons (Fsp3) is 0.609. The maximum Gasteiger partial charge on any atom is 0.178 e. The first kappa shape index (κ1) is 19.3. The fourth-order valence-electron chi connectivity index (χ4n) is 6.68. The van der Waals surface area contributed by atoms with Crippen molar-refractivity contribution in [3.05, 3.63) is 35.5 Å². The Morgan fingerprint density at radius 3 is 2.75 bits per heavy atom. The molecule has 5 heteroatoms. The minimum absolute atomic E-state index is 0.0180. The van der Waals surface area contributed by atoms with E-state index in [0.29, 0.717) is 12.0 Å². The van der Waals surface area contributed by atoms with E-state index >= 15 is 0 Å². The summed E-state index contributed by atoms with van der Waals surface area (Å²) in [4.78, 5) is 35.3. The second kappa shape index (κ2) is 6.51. The molecule has 0 aromatic carbocycles. The molecule has 0 aromatic heterocycles. The molecular weight excluding hydrogens is 356 g/mol. The predicted molar refractivity (Wildman–Crippen MR) is 101 cm³/mol. The topological polar surface area (TPSA) is 94.5 Å². The van der Waals surface area contributed by atoms with Crippen molar-refractivity contribution in [1.82, 2.24) is 0 Å². The summed E-state index contributed by atoms with van der Waals surface area (Å²) in [5, 5.41) is 22.0. The van der Waals surface area contributed by atoms with Crippen LogP contribution in [-0.4, -0.2) is 28.7 Å². The Labute approximate surface area is 165 Å². The van der Waals surface area contributed by atoms with Gasteiger partial charge in [-0.3, -0.25) is 9.59 Å². The standard InChI is InChI=1S/C23H28O5/c1-22-10-9-14(24)11-13(22)3-4-15-16-5-6-17(18(25)7-8-20(27)28)23(16,2)12-19(26)21(15)22/h6,9-11,15-16,19,21,26H,3-5,7-8,12H2,1-2H3,(H,27,28)/p-1/t15-,16-,19-,21+,22-,23-/m0/s1. The van der Waals surface area contributed by atoms with Crippen LogP contribution in [0.2, 0.25) is 0 Å². The first-order valence-electron chi connectivity index (χ1n) is 10.2. The van der Waals surface area contributed by atoms with E-state index in [9.17, 15) is 24.6 Å². The summed E-state index contributed by atoms with van der Waals surface area (Å²) in [7, 11) is 0. The Morgan fingerprint density at radius 2 is 2.04 bits per heavy atom. The molecule has 0 aromatic rings. The molecule has 4 aliphatic rings. The number of carboxylic acids is 1. The minimum Gasteiger partial charge on any atom is -0.550 e. The van der Waals surface area contributed by atoms with Crippen LogP contribution in [0.5, 0.6) is 0 Å². The van der Waals surface area contributed by atoms with Gasteiger partial charge >= 0.3 is 0 Å². The van der Waals surface area contributed by atoms with Crippen LogP contribution in [0.1, 0.15) is 52.4 Å². The Kier molecular flexibility index (Phi) is 4.49. The molecule has 0 unspecified atom stereocenters. The third-order valence-electron chi connectivity index (χ3n) is 7.93. The summed E-state index contributed by atoms with van der Waals surface area (Å²) >= 11 is 0. The number of Topliss-reactive ketones (excluding diaryl/α,β-unsaturated/α-hetero) is 1. The number of aliphatic carboxylic acids is 1. The SMILES string of the molecule is C[C@]12C=CC(=O)C=C1CC[C@@H]1[C@@H]2[C@@H](O)C[C@]2(C)C(C(=O)CCC(=O)[O-])=CC[C@@H]12. The van der Waals surface area contributed by atoms with Crippen molar-refractivity contribution in [3.63, 3.8) is 0 Å². The molecule has 0 bridgehead atoms. The summed E-state index contributed by atoms with van der Waals surface area (Å²) in [6.45, 7) is 4.18. The molecule has 0 heterocycles.